The summed E-state index contributed by atoms with van der Waals surface area (Å²) in [6.07, 6.45) is 0.360. The van der Waals surface area contributed by atoms with Crippen LogP contribution in [0.3, 0.4) is 0 Å². The summed E-state index contributed by atoms with van der Waals surface area (Å²) >= 11 is 0. The summed E-state index contributed by atoms with van der Waals surface area (Å²) in [5.74, 6) is 1.05. The van der Waals surface area contributed by atoms with Gasteiger partial charge in [-0.2, -0.15) is 0 Å². The number of hydrogen-bond donors (Lipinski definition) is 0. The lowest BCUT2D eigenvalue weighted by atomic mass is 10.1. The molecule has 2 rings (SSSR count). The highest BCUT2D eigenvalue weighted by Crippen LogP contribution is 2.20. The topological polar surface area (TPSA) is 53.1 Å². The number of hydrogen-bond acceptors (Lipinski definition) is 4. The fourth-order valence-corrected chi connectivity index (χ4v) is 2.86. The number of aryl methyl sites for hydroxylation is 1. The fraction of sp³-hybridized carbons (Fsp3) is 0.579. The van der Waals surface area contributed by atoms with Crippen LogP contribution in [0.15, 0.2) is 18.2 Å². The van der Waals surface area contributed by atoms with E-state index in [4.69, 9.17) is 4.74 Å². The SMILES string of the molecule is Cc1cccc(OCCC(=O)N2CCN(C(=O)CN(C)C)CC2)c1C. The number of piperazine rings is 1. The molecule has 6 heteroatoms. The minimum atomic E-state index is 0.0880. The molecule has 1 aromatic rings. The first-order valence-electron chi connectivity index (χ1n) is 8.77. The molecular weight excluding hydrogens is 318 g/mol. The number of benzene rings is 1. The van der Waals surface area contributed by atoms with Crippen LogP contribution in [0, 0.1) is 13.8 Å². The maximum atomic E-state index is 12.3. The monoisotopic (exact) mass is 347 g/mol. The number of rotatable bonds is 6. The van der Waals surface area contributed by atoms with Gasteiger partial charge >= 0.3 is 0 Å². The molecular formula is C19H29N3O3. The van der Waals surface area contributed by atoms with E-state index in [2.05, 4.69) is 0 Å². The molecule has 2 amide bonds. The van der Waals surface area contributed by atoms with Gasteiger partial charge in [0.25, 0.3) is 0 Å². The third-order valence-corrected chi connectivity index (χ3v) is 4.56. The van der Waals surface area contributed by atoms with Gasteiger partial charge in [-0.15, -0.1) is 0 Å². The Balaban J connectivity index is 1.74. The van der Waals surface area contributed by atoms with Crippen LogP contribution in [0.4, 0.5) is 0 Å². The van der Waals surface area contributed by atoms with Crippen LogP contribution in [0.5, 0.6) is 5.75 Å². The molecule has 0 saturated carbocycles. The van der Waals surface area contributed by atoms with Gasteiger partial charge in [0, 0.05) is 26.2 Å². The van der Waals surface area contributed by atoms with Crippen molar-refractivity contribution in [3.8, 4) is 5.75 Å². The Bertz CT molecular complexity index is 608. The maximum Gasteiger partial charge on any atom is 0.236 e. The second kappa shape index (κ2) is 8.85. The molecule has 6 nitrogen and oxygen atoms in total. The summed E-state index contributed by atoms with van der Waals surface area (Å²) in [5.41, 5.74) is 2.30. The molecule has 0 unspecified atom stereocenters. The van der Waals surface area contributed by atoms with E-state index < -0.39 is 0 Å². The molecule has 1 aliphatic rings. The first-order valence-corrected chi connectivity index (χ1v) is 8.77. The Morgan fingerprint density at radius 3 is 2.24 bits per heavy atom. The summed E-state index contributed by atoms with van der Waals surface area (Å²) < 4.78 is 5.76. The highest BCUT2D eigenvalue weighted by molar-refractivity contribution is 5.79. The van der Waals surface area contributed by atoms with Crippen molar-refractivity contribution < 1.29 is 14.3 Å². The van der Waals surface area contributed by atoms with E-state index in [1.165, 1.54) is 5.56 Å². The smallest absolute Gasteiger partial charge is 0.236 e. The van der Waals surface area contributed by atoms with Gasteiger partial charge in [0.2, 0.25) is 11.8 Å². The number of carbonyl (C=O) groups is 2. The largest absolute Gasteiger partial charge is 0.493 e. The van der Waals surface area contributed by atoms with E-state index in [1.807, 2.05) is 60.8 Å². The van der Waals surface area contributed by atoms with Crippen molar-refractivity contribution in [3.05, 3.63) is 29.3 Å². The predicted octanol–water partition coefficient (Wildman–Crippen LogP) is 1.30. The lowest BCUT2D eigenvalue weighted by molar-refractivity contribution is -0.140. The first kappa shape index (κ1) is 19.2. The van der Waals surface area contributed by atoms with Gasteiger partial charge < -0.3 is 19.4 Å². The van der Waals surface area contributed by atoms with Gasteiger partial charge in [-0.1, -0.05) is 12.1 Å². The third-order valence-electron chi connectivity index (χ3n) is 4.56. The van der Waals surface area contributed by atoms with Crippen LogP contribution >= 0.6 is 0 Å². The van der Waals surface area contributed by atoms with Crippen LogP contribution in [-0.2, 0) is 9.59 Å². The molecule has 1 fully saturated rings. The third kappa shape index (κ3) is 5.46. The van der Waals surface area contributed by atoms with Gasteiger partial charge in [0.05, 0.1) is 19.6 Å². The van der Waals surface area contributed by atoms with Gasteiger partial charge in [-0.05, 0) is 45.1 Å². The van der Waals surface area contributed by atoms with Crippen LogP contribution in [0.2, 0.25) is 0 Å². The van der Waals surface area contributed by atoms with Gasteiger partial charge in [-0.3, -0.25) is 9.59 Å². The van der Waals surface area contributed by atoms with Crippen LogP contribution in [0.1, 0.15) is 17.5 Å². The minimum Gasteiger partial charge on any atom is -0.493 e. The van der Waals surface area contributed by atoms with Crippen molar-refractivity contribution in [2.24, 2.45) is 0 Å². The van der Waals surface area contributed by atoms with E-state index in [9.17, 15) is 9.59 Å². The highest BCUT2D eigenvalue weighted by atomic mass is 16.5. The Kier molecular flexibility index (Phi) is 6.82. The average Bonchev–Trinajstić information content (AvgIpc) is 2.58. The van der Waals surface area contributed by atoms with Gasteiger partial charge in [0.1, 0.15) is 5.75 Å². The summed E-state index contributed by atoms with van der Waals surface area (Å²) in [6, 6.07) is 5.94. The minimum absolute atomic E-state index is 0.0880. The molecule has 0 aliphatic carbocycles. The van der Waals surface area contributed by atoms with E-state index >= 15 is 0 Å². The molecule has 0 bridgehead atoms. The first-order chi connectivity index (χ1) is 11.9. The van der Waals surface area contributed by atoms with E-state index in [-0.39, 0.29) is 11.8 Å². The summed E-state index contributed by atoms with van der Waals surface area (Å²) in [5, 5.41) is 0. The second-order valence-electron chi connectivity index (χ2n) is 6.80. The number of ether oxygens (including phenoxy) is 1. The lowest BCUT2D eigenvalue weighted by Gasteiger charge is -2.35. The zero-order valence-corrected chi connectivity index (χ0v) is 15.7. The number of likely N-dealkylation sites (N-methyl/N-ethyl adjacent to an activating group) is 1. The summed E-state index contributed by atoms with van der Waals surface area (Å²) in [7, 11) is 3.77. The van der Waals surface area contributed by atoms with Crippen molar-refractivity contribution in [1.82, 2.24) is 14.7 Å². The van der Waals surface area contributed by atoms with Crippen LogP contribution in [0.25, 0.3) is 0 Å². The standard InChI is InChI=1S/C19H29N3O3/c1-15-6-5-7-17(16(15)2)25-13-8-18(23)21-9-11-22(12-10-21)19(24)14-20(3)4/h5-7H,8-14H2,1-4H3. The maximum absolute atomic E-state index is 12.3. The molecule has 0 atom stereocenters. The average molecular weight is 347 g/mol. The van der Waals surface area contributed by atoms with Gasteiger partial charge in [0.15, 0.2) is 0 Å². The normalized spacial score (nSPS) is 14.8. The number of nitrogens with zero attached hydrogens (tertiary/aromatic N) is 3. The molecule has 25 heavy (non-hydrogen) atoms. The zero-order chi connectivity index (χ0) is 18.4. The molecule has 1 heterocycles. The van der Waals surface area contributed by atoms with Crippen molar-refractivity contribution in [2.75, 3.05) is 53.4 Å². The summed E-state index contributed by atoms with van der Waals surface area (Å²) in [4.78, 5) is 29.9. The van der Waals surface area contributed by atoms with E-state index in [0.29, 0.717) is 45.8 Å². The van der Waals surface area contributed by atoms with Crippen molar-refractivity contribution in [3.63, 3.8) is 0 Å². The molecule has 1 aromatic carbocycles. The lowest BCUT2D eigenvalue weighted by Crippen LogP contribution is -2.52. The highest BCUT2D eigenvalue weighted by Gasteiger charge is 2.24. The quantitative estimate of drug-likeness (QED) is 0.778. The Labute approximate surface area is 150 Å². The number of carbonyl (C=O) groups excluding carboxylic acids is 2. The molecule has 0 aromatic heterocycles. The Morgan fingerprint density at radius 2 is 1.64 bits per heavy atom. The molecule has 1 aliphatic heterocycles. The van der Waals surface area contributed by atoms with Crippen molar-refractivity contribution >= 4 is 11.8 Å². The number of amides is 2. The molecule has 138 valence electrons. The van der Waals surface area contributed by atoms with Gasteiger partial charge in [-0.25, -0.2) is 0 Å². The Hall–Kier alpha value is -2.08. The van der Waals surface area contributed by atoms with E-state index in [1.54, 1.807) is 0 Å². The molecule has 0 N–H and O–H groups in total. The molecule has 1 saturated heterocycles. The Morgan fingerprint density at radius 1 is 1.04 bits per heavy atom. The molecule has 0 spiro atoms. The zero-order valence-electron chi connectivity index (χ0n) is 15.7. The molecule has 0 radical (unpaired) electrons. The van der Waals surface area contributed by atoms with Crippen molar-refractivity contribution in [2.45, 2.75) is 20.3 Å². The fourth-order valence-electron chi connectivity index (χ4n) is 2.86. The summed E-state index contributed by atoms with van der Waals surface area (Å²) in [6.45, 7) is 7.27. The predicted molar refractivity (Wildman–Crippen MR) is 97.7 cm³/mol. The second-order valence-corrected chi connectivity index (χ2v) is 6.80. The van der Waals surface area contributed by atoms with Crippen LogP contribution < -0.4 is 4.74 Å². The van der Waals surface area contributed by atoms with Crippen LogP contribution in [-0.4, -0.2) is 79.9 Å². The van der Waals surface area contributed by atoms with E-state index in [0.717, 1.165) is 11.3 Å². The van der Waals surface area contributed by atoms with Crippen molar-refractivity contribution in [1.29, 1.82) is 0 Å².